The first kappa shape index (κ1) is 16.4. The van der Waals surface area contributed by atoms with E-state index in [4.69, 9.17) is 4.42 Å². The van der Waals surface area contributed by atoms with Crippen molar-refractivity contribution in [2.45, 2.75) is 13.8 Å². The highest BCUT2D eigenvalue weighted by atomic mass is 16.4. The van der Waals surface area contributed by atoms with Gasteiger partial charge in [0, 0.05) is 11.5 Å². The maximum Gasteiger partial charge on any atom is 0.337 e. The van der Waals surface area contributed by atoms with E-state index >= 15 is 0 Å². The van der Waals surface area contributed by atoms with Crippen LogP contribution in [-0.2, 0) is 0 Å². The number of aliphatic imine (C=N–C) groups is 1. The lowest BCUT2D eigenvalue weighted by atomic mass is 10.0. The average molecular weight is 337 g/mol. The van der Waals surface area contributed by atoms with Crippen LogP contribution in [0.2, 0.25) is 0 Å². The van der Waals surface area contributed by atoms with E-state index in [9.17, 15) is 19.8 Å². The number of hydrogen-bond acceptors (Lipinski definition) is 5. The molecule has 126 valence electrons. The molecule has 0 spiro atoms. The largest absolute Gasteiger partial charge is 0.507 e. The van der Waals surface area contributed by atoms with E-state index in [-0.39, 0.29) is 28.1 Å². The second-order valence-electron chi connectivity index (χ2n) is 5.60. The summed E-state index contributed by atoms with van der Waals surface area (Å²) in [4.78, 5) is 27.4. The first-order chi connectivity index (χ1) is 11.9. The lowest BCUT2D eigenvalue weighted by Crippen LogP contribution is -2.04. The summed E-state index contributed by atoms with van der Waals surface area (Å²) in [6.07, 6.45) is 0. The molecule has 2 aromatic carbocycles. The van der Waals surface area contributed by atoms with Crippen molar-refractivity contribution < 1.29 is 19.4 Å². The van der Waals surface area contributed by atoms with Gasteiger partial charge in [-0.3, -0.25) is 4.99 Å². The first-order valence-electron chi connectivity index (χ1n) is 7.53. The normalized spacial score (nSPS) is 11.7. The minimum Gasteiger partial charge on any atom is -0.507 e. The van der Waals surface area contributed by atoms with Crippen molar-refractivity contribution in [1.29, 1.82) is 0 Å². The molecular formula is C19H15NO5. The molecular weight excluding hydrogens is 322 g/mol. The molecule has 0 aliphatic heterocycles. The second-order valence-corrected chi connectivity index (χ2v) is 5.60. The van der Waals surface area contributed by atoms with Gasteiger partial charge in [0.2, 0.25) is 0 Å². The third-order valence-corrected chi connectivity index (χ3v) is 3.88. The van der Waals surface area contributed by atoms with Gasteiger partial charge >= 0.3 is 11.6 Å². The highest BCUT2D eigenvalue weighted by Crippen LogP contribution is 2.30. The van der Waals surface area contributed by atoms with Crippen LogP contribution in [0.4, 0.5) is 5.69 Å². The molecule has 25 heavy (non-hydrogen) atoms. The first-order valence-corrected chi connectivity index (χ1v) is 7.53. The fourth-order valence-electron chi connectivity index (χ4n) is 2.71. The number of carbonyl (C=O) groups is 1. The van der Waals surface area contributed by atoms with Crippen molar-refractivity contribution in [3.8, 4) is 5.75 Å². The van der Waals surface area contributed by atoms with Crippen LogP contribution in [0.3, 0.4) is 0 Å². The molecule has 3 rings (SSSR count). The molecule has 1 aromatic heterocycles. The summed E-state index contributed by atoms with van der Waals surface area (Å²) in [5.74, 6) is -1.20. The minimum atomic E-state index is -1.10. The number of para-hydroxylation sites is 1. The number of rotatable bonds is 3. The van der Waals surface area contributed by atoms with Crippen LogP contribution in [-0.4, -0.2) is 21.9 Å². The Morgan fingerprint density at radius 2 is 1.88 bits per heavy atom. The SMILES string of the molecule is CC(=Nc1ccccc1C(=O)O)c1c(O)ccc2c(C)cc(=O)oc12. The van der Waals surface area contributed by atoms with Crippen molar-refractivity contribution >= 4 is 28.3 Å². The molecule has 0 saturated carbocycles. The fourth-order valence-corrected chi connectivity index (χ4v) is 2.71. The molecule has 0 atom stereocenters. The Kier molecular flexibility index (Phi) is 4.10. The third-order valence-electron chi connectivity index (χ3n) is 3.88. The summed E-state index contributed by atoms with van der Waals surface area (Å²) in [7, 11) is 0. The number of phenolic OH excluding ortho intramolecular Hbond substituents is 1. The number of carboxylic acid groups (broad SMARTS) is 1. The molecule has 6 nitrogen and oxygen atoms in total. The standard InChI is InChI=1S/C19H15NO5/c1-10-9-16(22)25-18-12(10)7-8-15(21)17(18)11(2)20-14-6-4-3-5-13(14)19(23)24/h3-9,21H,1-2H3,(H,23,24). The van der Waals surface area contributed by atoms with Crippen molar-refractivity contribution in [2.24, 2.45) is 4.99 Å². The van der Waals surface area contributed by atoms with Gasteiger partial charge in [-0.25, -0.2) is 9.59 Å². The number of fused-ring (bicyclic) bond motifs is 1. The average Bonchev–Trinajstić information content (AvgIpc) is 2.54. The molecule has 2 N–H and O–H groups in total. The van der Waals surface area contributed by atoms with E-state index < -0.39 is 11.6 Å². The maximum absolute atomic E-state index is 11.7. The Hall–Kier alpha value is -3.41. The second kappa shape index (κ2) is 6.24. The fraction of sp³-hybridized carbons (Fsp3) is 0.105. The maximum atomic E-state index is 11.7. The molecule has 0 aliphatic rings. The molecule has 0 aliphatic carbocycles. The van der Waals surface area contributed by atoms with Crippen LogP contribution in [0.25, 0.3) is 11.0 Å². The van der Waals surface area contributed by atoms with Crippen molar-refractivity contribution in [2.75, 3.05) is 0 Å². The summed E-state index contributed by atoms with van der Waals surface area (Å²) in [5, 5.41) is 20.2. The summed E-state index contributed by atoms with van der Waals surface area (Å²) < 4.78 is 5.28. The van der Waals surface area contributed by atoms with Gasteiger partial charge in [0.15, 0.2) is 5.58 Å². The lowest BCUT2D eigenvalue weighted by molar-refractivity contribution is 0.0698. The number of nitrogens with zero attached hydrogens (tertiary/aromatic N) is 1. The Morgan fingerprint density at radius 1 is 1.16 bits per heavy atom. The molecule has 0 unspecified atom stereocenters. The van der Waals surface area contributed by atoms with E-state index in [0.717, 1.165) is 0 Å². The van der Waals surface area contributed by atoms with Gasteiger partial charge in [0.05, 0.1) is 22.5 Å². The van der Waals surface area contributed by atoms with Crippen LogP contribution >= 0.6 is 0 Å². The molecule has 0 saturated heterocycles. The minimum absolute atomic E-state index is 0.0409. The van der Waals surface area contributed by atoms with Crippen LogP contribution in [0.1, 0.15) is 28.4 Å². The Morgan fingerprint density at radius 3 is 2.60 bits per heavy atom. The van der Waals surface area contributed by atoms with Crippen LogP contribution in [0.15, 0.2) is 56.7 Å². The highest BCUT2D eigenvalue weighted by molar-refractivity contribution is 6.12. The number of hydrogen-bond donors (Lipinski definition) is 2. The summed E-state index contributed by atoms with van der Waals surface area (Å²) in [6.45, 7) is 3.39. The van der Waals surface area contributed by atoms with Crippen molar-refractivity contribution in [3.05, 3.63) is 69.6 Å². The summed E-state index contributed by atoms with van der Waals surface area (Å²) in [5.41, 5.74) is 1.29. The van der Waals surface area contributed by atoms with Crippen LogP contribution in [0, 0.1) is 6.92 Å². The molecule has 6 heteroatoms. The lowest BCUT2D eigenvalue weighted by Gasteiger charge is -2.09. The van der Waals surface area contributed by atoms with Gasteiger partial charge in [-0.2, -0.15) is 0 Å². The molecule has 0 amide bonds. The van der Waals surface area contributed by atoms with Gasteiger partial charge < -0.3 is 14.6 Å². The monoisotopic (exact) mass is 337 g/mol. The predicted octanol–water partition coefficient (Wildman–Crippen LogP) is 3.65. The molecule has 0 bridgehead atoms. The Labute approximate surface area is 142 Å². The zero-order valence-corrected chi connectivity index (χ0v) is 13.6. The van der Waals surface area contributed by atoms with E-state index in [1.807, 2.05) is 0 Å². The van der Waals surface area contributed by atoms with Gasteiger partial charge in [0.25, 0.3) is 0 Å². The molecule has 3 aromatic rings. The van der Waals surface area contributed by atoms with Gasteiger partial charge in [-0.05, 0) is 43.7 Å². The molecule has 1 heterocycles. The van der Waals surface area contributed by atoms with Crippen LogP contribution in [0.5, 0.6) is 5.75 Å². The van der Waals surface area contributed by atoms with Gasteiger partial charge in [0.1, 0.15) is 5.75 Å². The number of carboxylic acids is 1. The zero-order chi connectivity index (χ0) is 18.1. The topological polar surface area (TPSA) is 100 Å². The smallest absolute Gasteiger partial charge is 0.337 e. The van der Waals surface area contributed by atoms with Gasteiger partial charge in [-0.1, -0.05) is 12.1 Å². The van der Waals surface area contributed by atoms with E-state index in [0.29, 0.717) is 16.7 Å². The Bertz CT molecular complexity index is 1080. The quantitative estimate of drug-likeness (QED) is 0.561. The zero-order valence-electron chi connectivity index (χ0n) is 13.6. The van der Waals surface area contributed by atoms with E-state index in [1.54, 1.807) is 38.1 Å². The molecule has 0 fully saturated rings. The number of benzene rings is 2. The molecule has 0 radical (unpaired) electrons. The number of aromatic hydroxyl groups is 1. The third kappa shape index (κ3) is 3.01. The van der Waals surface area contributed by atoms with E-state index in [2.05, 4.69) is 4.99 Å². The highest BCUT2D eigenvalue weighted by Gasteiger charge is 2.16. The van der Waals surface area contributed by atoms with Crippen molar-refractivity contribution in [3.63, 3.8) is 0 Å². The van der Waals surface area contributed by atoms with Gasteiger partial charge in [-0.15, -0.1) is 0 Å². The number of aryl methyl sites for hydroxylation is 1. The summed E-state index contributed by atoms with van der Waals surface area (Å²) in [6, 6.07) is 10.8. The number of aromatic carboxylic acids is 1. The predicted molar refractivity (Wildman–Crippen MR) is 94.2 cm³/mol. The van der Waals surface area contributed by atoms with Crippen molar-refractivity contribution in [1.82, 2.24) is 0 Å². The Balaban J connectivity index is 2.28. The van der Waals surface area contributed by atoms with E-state index in [1.165, 1.54) is 18.2 Å². The van der Waals surface area contributed by atoms with Crippen LogP contribution < -0.4 is 5.63 Å². The number of phenols is 1. The summed E-state index contributed by atoms with van der Waals surface area (Å²) >= 11 is 0.